The molecule has 5 fully saturated rings. The SMILES string of the molecule is C=C1C(=O)O[C@H]2[C@H]1CC[C@]1(C)O[C@@]13C[C@H]1O[C@@]1(C)[C@H]23. The number of hydrogen-bond acceptors (Lipinski definition) is 4. The van der Waals surface area contributed by atoms with E-state index in [1.807, 2.05) is 0 Å². The van der Waals surface area contributed by atoms with Crippen LogP contribution >= 0.6 is 0 Å². The van der Waals surface area contributed by atoms with Gasteiger partial charge in [-0.1, -0.05) is 6.58 Å². The van der Waals surface area contributed by atoms with Gasteiger partial charge in [0.1, 0.15) is 17.3 Å². The Balaban J connectivity index is 1.65. The number of hydrogen-bond donors (Lipinski definition) is 0. The fourth-order valence-electron chi connectivity index (χ4n) is 5.24. The Morgan fingerprint density at radius 2 is 2.16 bits per heavy atom. The van der Waals surface area contributed by atoms with E-state index in [2.05, 4.69) is 20.4 Å². The second kappa shape index (κ2) is 2.63. The first-order chi connectivity index (χ1) is 8.91. The van der Waals surface area contributed by atoms with Gasteiger partial charge >= 0.3 is 5.97 Å². The van der Waals surface area contributed by atoms with Crippen LogP contribution in [0.5, 0.6) is 0 Å². The van der Waals surface area contributed by atoms with Crippen molar-refractivity contribution in [3.63, 3.8) is 0 Å². The van der Waals surface area contributed by atoms with E-state index in [1.54, 1.807) is 0 Å². The highest BCUT2D eigenvalue weighted by Gasteiger charge is 2.87. The molecule has 4 heteroatoms. The van der Waals surface area contributed by atoms with Gasteiger partial charge < -0.3 is 14.2 Å². The third kappa shape index (κ3) is 0.953. The molecule has 0 unspecified atom stereocenters. The van der Waals surface area contributed by atoms with Crippen molar-refractivity contribution in [2.75, 3.05) is 0 Å². The minimum atomic E-state index is -0.220. The van der Waals surface area contributed by atoms with E-state index in [4.69, 9.17) is 14.2 Å². The van der Waals surface area contributed by atoms with Crippen molar-refractivity contribution in [1.82, 2.24) is 0 Å². The van der Waals surface area contributed by atoms with Crippen molar-refractivity contribution in [2.24, 2.45) is 11.8 Å². The van der Waals surface area contributed by atoms with Crippen molar-refractivity contribution in [3.8, 4) is 0 Å². The number of carbonyl (C=O) groups is 1. The van der Waals surface area contributed by atoms with E-state index in [-0.39, 0.29) is 46.8 Å². The standard InChI is InChI=1S/C15H18O4/c1-7-8-4-5-13(2)15(19-13)6-9-14(3,18-9)11(15)10(8)17-12(7)16/h8-11H,1,4-6H2,2-3H3/t8-,9+,10-,11-,13-,14+,15+/m0/s1. The quantitative estimate of drug-likeness (QED) is 0.378. The predicted octanol–water partition coefficient (Wildman–Crippen LogP) is 1.58. The topological polar surface area (TPSA) is 51.4 Å². The highest BCUT2D eigenvalue weighted by molar-refractivity contribution is 5.91. The first-order valence-electron chi connectivity index (χ1n) is 7.19. The summed E-state index contributed by atoms with van der Waals surface area (Å²) in [6.07, 6.45) is 3.07. The van der Waals surface area contributed by atoms with Crippen molar-refractivity contribution in [1.29, 1.82) is 0 Å². The Hall–Kier alpha value is -0.870. The molecule has 2 saturated carbocycles. The molecule has 0 bridgehead atoms. The molecular weight excluding hydrogens is 244 g/mol. The van der Waals surface area contributed by atoms with E-state index in [1.165, 1.54) is 0 Å². The maximum atomic E-state index is 11.9. The van der Waals surface area contributed by atoms with E-state index < -0.39 is 0 Å². The van der Waals surface area contributed by atoms with Gasteiger partial charge in [-0.05, 0) is 26.7 Å². The molecule has 0 N–H and O–H groups in total. The van der Waals surface area contributed by atoms with E-state index in [0.717, 1.165) is 19.3 Å². The molecule has 4 nitrogen and oxygen atoms in total. The van der Waals surface area contributed by atoms with Crippen LogP contribution in [0.1, 0.15) is 33.1 Å². The van der Waals surface area contributed by atoms with Gasteiger partial charge in [0, 0.05) is 17.9 Å². The van der Waals surface area contributed by atoms with E-state index in [9.17, 15) is 4.79 Å². The molecular formula is C15H18O4. The van der Waals surface area contributed by atoms with Gasteiger partial charge in [0.05, 0.1) is 17.6 Å². The Morgan fingerprint density at radius 1 is 1.37 bits per heavy atom. The maximum Gasteiger partial charge on any atom is 0.334 e. The third-order valence-electron chi connectivity index (χ3n) is 6.46. The molecule has 0 radical (unpaired) electrons. The van der Waals surface area contributed by atoms with Crippen LogP contribution in [0, 0.1) is 11.8 Å². The van der Waals surface area contributed by atoms with Gasteiger partial charge in [-0.3, -0.25) is 0 Å². The molecule has 1 spiro atoms. The molecule has 3 heterocycles. The lowest BCUT2D eigenvalue weighted by Gasteiger charge is -2.30. The number of rotatable bonds is 0. The van der Waals surface area contributed by atoms with Crippen molar-refractivity contribution < 1.29 is 19.0 Å². The first kappa shape index (κ1) is 10.9. The van der Waals surface area contributed by atoms with Gasteiger partial charge in [-0.2, -0.15) is 0 Å². The number of fused-ring (bicyclic) bond motifs is 4. The summed E-state index contributed by atoms with van der Waals surface area (Å²) in [4.78, 5) is 11.9. The van der Waals surface area contributed by atoms with Crippen LogP contribution in [0.2, 0.25) is 0 Å². The van der Waals surface area contributed by atoms with Crippen LogP contribution in [0.3, 0.4) is 0 Å². The molecule has 7 atom stereocenters. The summed E-state index contributed by atoms with van der Waals surface area (Å²) in [5.74, 6) is 0.107. The van der Waals surface area contributed by atoms with Crippen LogP contribution in [0.25, 0.3) is 0 Å². The predicted molar refractivity (Wildman–Crippen MR) is 65.4 cm³/mol. The van der Waals surface area contributed by atoms with Crippen molar-refractivity contribution in [2.45, 2.75) is 62.1 Å². The summed E-state index contributed by atoms with van der Waals surface area (Å²) >= 11 is 0. The number of ether oxygens (including phenoxy) is 3. The highest BCUT2D eigenvalue weighted by atomic mass is 16.7. The fraction of sp³-hybridized carbons (Fsp3) is 0.800. The van der Waals surface area contributed by atoms with E-state index >= 15 is 0 Å². The van der Waals surface area contributed by atoms with Crippen LogP contribution in [-0.2, 0) is 19.0 Å². The number of epoxide rings is 2. The summed E-state index contributed by atoms with van der Waals surface area (Å²) in [7, 11) is 0. The van der Waals surface area contributed by atoms with Gasteiger partial charge in [-0.25, -0.2) is 4.79 Å². The number of carbonyl (C=O) groups excluding carboxylic acids is 1. The summed E-state index contributed by atoms with van der Waals surface area (Å²) in [5.41, 5.74) is 0.331. The zero-order valence-corrected chi connectivity index (χ0v) is 11.3. The van der Waals surface area contributed by atoms with Gasteiger partial charge in [0.15, 0.2) is 0 Å². The summed E-state index contributed by atoms with van der Waals surface area (Å²) < 4.78 is 17.8. The molecule has 5 rings (SSSR count). The minimum absolute atomic E-state index is 0.0471. The molecule has 0 aromatic heterocycles. The number of esters is 1. The summed E-state index contributed by atoms with van der Waals surface area (Å²) in [5, 5.41) is 0. The Kier molecular flexibility index (Phi) is 1.51. The molecule has 3 saturated heterocycles. The minimum Gasteiger partial charge on any atom is -0.458 e. The van der Waals surface area contributed by atoms with Gasteiger partial charge in [0.2, 0.25) is 0 Å². The fourth-order valence-corrected chi connectivity index (χ4v) is 5.24. The smallest absolute Gasteiger partial charge is 0.334 e. The first-order valence-corrected chi connectivity index (χ1v) is 7.19. The average Bonchev–Trinajstić information content (AvgIpc) is 3.07. The normalized spacial score (nSPS) is 64.5. The lowest BCUT2D eigenvalue weighted by Crippen LogP contribution is -2.43. The van der Waals surface area contributed by atoms with Crippen LogP contribution < -0.4 is 0 Å². The van der Waals surface area contributed by atoms with Gasteiger partial charge in [-0.15, -0.1) is 0 Å². The zero-order chi connectivity index (χ0) is 13.2. The Labute approximate surface area is 112 Å². The molecule has 102 valence electrons. The largest absolute Gasteiger partial charge is 0.458 e. The second-order valence-electron chi connectivity index (χ2n) is 7.23. The Morgan fingerprint density at radius 3 is 2.95 bits per heavy atom. The zero-order valence-electron chi connectivity index (χ0n) is 11.3. The molecule has 19 heavy (non-hydrogen) atoms. The molecule has 0 aromatic rings. The summed E-state index contributed by atoms with van der Waals surface area (Å²) in [6, 6.07) is 0. The molecule has 3 aliphatic heterocycles. The van der Waals surface area contributed by atoms with E-state index in [0.29, 0.717) is 5.57 Å². The van der Waals surface area contributed by atoms with Crippen molar-refractivity contribution >= 4 is 5.97 Å². The summed E-state index contributed by atoms with van der Waals surface area (Å²) in [6.45, 7) is 8.30. The average molecular weight is 262 g/mol. The molecule has 0 amide bonds. The molecule has 2 aliphatic carbocycles. The lowest BCUT2D eigenvalue weighted by atomic mass is 9.76. The van der Waals surface area contributed by atoms with Gasteiger partial charge in [0.25, 0.3) is 0 Å². The highest BCUT2D eigenvalue weighted by Crippen LogP contribution is 2.75. The third-order valence-corrected chi connectivity index (χ3v) is 6.46. The monoisotopic (exact) mass is 262 g/mol. The van der Waals surface area contributed by atoms with Crippen LogP contribution in [0.15, 0.2) is 12.2 Å². The van der Waals surface area contributed by atoms with Crippen LogP contribution in [-0.4, -0.2) is 35.0 Å². The second-order valence-corrected chi connectivity index (χ2v) is 7.23. The lowest BCUT2D eigenvalue weighted by molar-refractivity contribution is -0.144. The molecule has 0 aromatic carbocycles. The van der Waals surface area contributed by atoms with Crippen molar-refractivity contribution in [3.05, 3.63) is 12.2 Å². The molecule has 5 aliphatic rings. The van der Waals surface area contributed by atoms with Crippen LogP contribution in [0.4, 0.5) is 0 Å². The Bertz CT molecular complexity index is 542. The maximum absolute atomic E-state index is 11.9.